The first-order valence-electron chi connectivity index (χ1n) is 20.7. The summed E-state index contributed by atoms with van der Waals surface area (Å²) in [7, 11) is 8.63. The van der Waals surface area contributed by atoms with Gasteiger partial charge in [-0.15, -0.1) is 0 Å². The normalized spacial score (nSPS) is 21.1. The largest absolute Gasteiger partial charge is 0.379 e. The van der Waals surface area contributed by atoms with Gasteiger partial charge in [0.1, 0.15) is 6.04 Å². The summed E-state index contributed by atoms with van der Waals surface area (Å²) in [5.41, 5.74) is 8.55. The van der Waals surface area contributed by atoms with Crippen LogP contribution in [-0.4, -0.2) is 129 Å². The topological polar surface area (TPSA) is 147 Å². The fourth-order valence-electron chi connectivity index (χ4n) is 8.57. The number of methoxy groups -OCH3 is 2. The molecule has 0 bridgehead atoms. The van der Waals surface area contributed by atoms with E-state index in [0.717, 1.165) is 36.8 Å². The van der Waals surface area contributed by atoms with Crippen LogP contribution in [-0.2, 0) is 28.7 Å². The molecular formula is C44H76N6O6. The summed E-state index contributed by atoms with van der Waals surface area (Å²) >= 11 is 0. The van der Waals surface area contributed by atoms with Crippen molar-refractivity contribution in [1.29, 1.82) is 0 Å². The van der Waals surface area contributed by atoms with Gasteiger partial charge >= 0.3 is 0 Å². The Morgan fingerprint density at radius 3 is 2.11 bits per heavy atom. The van der Waals surface area contributed by atoms with Gasteiger partial charge in [-0.1, -0.05) is 91.8 Å². The Kier molecular flexibility index (Phi) is 20.2. The van der Waals surface area contributed by atoms with Gasteiger partial charge in [-0.25, -0.2) is 0 Å². The van der Waals surface area contributed by atoms with Crippen LogP contribution in [0, 0.1) is 23.7 Å². The van der Waals surface area contributed by atoms with Gasteiger partial charge < -0.3 is 35.6 Å². The molecule has 12 heteroatoms. The van der Waals surface area contributed by atoms with Crippen molar-refractivity contribution in [3.63, 3.8) is 0 Å². The van der Waals surface area contributed by atoms with Crippen LogP contribution in [0.3, 0.4) is 0 Å². The molecule has 2 aliphatic rings. The Bertz CT molecular complexity index is 1400. The number of rotatable bonds is 22. The maximum atomic E-state index is 14.3. The van der Waals surface area contributed by atoms with Gasteiger partial charge in [0.15, 0.2) is 0 Å². The van der Waals surface area contributed by atoms with E-state index in [1.54, 1.807) is 32.2 Å². The van der Waals surface area contributed by atoms with E-state index in [-0.39, 0.29) is 53.8 Å². The van der Waals surface area contributed by atoms with Crippen LogP contribution in [0.2, 0.25) is 0 Å². The molecule has 10 atom stereocenters. The van der Waals surface area contributed by atoms with Gasteiger partial charge in [-0.3, -0.25) is 24.1 Å². The molecule has 1 saturated heterocycles. The second-order valence-corrected chi connectivity index (χ2v) is 16.7. The summed E-state index contributed by atoms with van der Waals surface area (Å²) < 4.78 is 12.1. The number of allylic oxidation sites excluding steroid dienone is 3. The molecule has 4 N–H and O–H groups in total. The number of likely N-dealkylation sites (N-methyl/N-ethyl adjacent to an activating group) is 2. The molecule has 0 aromatic carbocycles. The smallest absolute Gasteiger partial charge is 0.245 e. The maximum absolute atomic E-state index is 14.3. The number of nitrogens with zero attached hydrogens (tertiary/aromatic N) is 3. The fourth-order valence-corrected chi connectivity index (χ4v) is 8.57. The molecule has 318 valence electrons. The molecule has 1 fully saturated rings. The van der Waals surface area contributed by atoms with Crippen molar-refractivity contribution in [3.8, 4) is 0 Å². The highest BCUT2D eigenvalue weighted by Crippen LogP contribution is 2.30. The summed E-state index contributed by atoms with van der Waals surface area (Å²) in [6, 6.07) is -2.89. The highest BCUT2D eigenvalue weighted by atomic mass is 16.5. The maximum Gasteiger partial charge on any atom is 0.245 e. The number of nitrogens with two attached hydrogens (primary N) is 1. The number of nitrogens with one attached hydrogen (secondary N) is 2. The summed E-state index contributed by atoms with van der Waals surface area (Å²) in [5, 5.41) is 6.24. The molecule has 0 aromatic heterocycles. The lowest BCUT2D eigenvalue weighted by molar-refractivity contribution is -0.148. The van der Waals surface area contributed by atoms with E-state index in [9.17, 15) is 19.2 Å². The predicted molar refractivity (Wildman–Crippen MR) is 226 cm³/mol. The van der Waals surface area contributed by atoms with Crippen LogP contribution in [0.15, 0.2) is 48.1 Å². The zero-order valence-corrected chi connectivity index (χ0v) is 36.8. The summed E-state index contributed by atoms with van der Waals surface area (Å²) in [4.78, 5) is 61.5. The van der Waals surface area contributed by atoms with Gasteiger partial charge in [0.05, 0.1) is 54.8 Å². The van der Waals surface area contributed by atoms with Crippen molar-refractivity contribution >= 4 is 23.6 Å². The van der Waals surface area contributed by atoms with E-state index in [4.69, 9.17) is 15.2 Å². The average Bonchev–Trinajstić information content (AvgIpc) is 3.65. The number of amides is 4. The minimum atomic E-state index is -0.757. The van der Waals surface area contributed by atoms with Gasteiger partial charge in [0, 0.05) is 27.8 Å². The summed E-state index contributed by atoms with van der Waals surface area (Å²) in [5.74, 6) is -1.51. The lowest BCUT2D eigenvalue weighted by Gasteiger charge is -2.41. The van der Waals surface area contributed by atoms with Crippen molar-refractivity contribution in [3.05, 3.63) is 48.1 Å². The van der Waals surface area contributed by atoms with Gasteiger partial charge in [0.2, 0.25) is 23.6 Å². The minimum absolute atomic E-state index is 0.0166. The third kappa shape index (κ3) is 12.3. The van der Waals surface area contributed by atoms with Crippen molar-refractivity contribution in [1.82, 2.24) is 25.3 Å². The molecule has 2 rings (SSSR count). The third-order valence-corrected chi connectivity index (χ3v) is 11.9. The first-order chi connectivity index (χ1) is 26.4. The molecule has 1 heterocycles. The van der Waals surface area contributed by atoms with Crippen LogP contribution < -0.4 is 16.4 Å². The minimum Gasteiger partial charge on any atom is -0.379 e. The van der Waals surface area contributed by atoms with E-state index in [0.29, 0.717) is 13.0 Å². The SMILES string of the molecule is C=C/C(=C\C)[C@H](NC(=O)C(C)C(OC)[C@@H]1CCCN1C(=O)C[C@@H](OC)C(C(C)CC)N(C)C(=O)[C@@H](NC(=O)[C@H](C(C)C)N(C)C)C(C)C)C(N)C1=CCCC=C1. The van der Waals surface area contributed by atoms with Crippen molar-refractivity contribution in [2.45, 2.75) is 142 Å². The van der Waals surface area contributed by atoms with Crippen LogP contribution in [0.25, 0.3) is 0 Å². The number of hydrogen-bond acceptors (Lipinski definition) is 8. The van der Waals surface area contributed by atoms with Crippen LogP contribution in [0.5, 0.6) is 0 Å². The van der Waals surface area contributed by atoms with Crippen LogP contribution >= 0.6 is 0 Å². The van der Waals surface area contributed by atoms with Crippen molar-refractivity contribution < 1.29 is 28.7 Å². The lowest BCUT2D eigenvalue weighted by atomic mass is 9.88. The molecule has 0 aromatic rings. The number of carbonyl (C=O) groups excluding carboxylic acids is 4. The molecule has 5 unspecified atom stereocenters. The number of hydrogen-bond donors (Lipinski definition) is 3. The fraction of sp³-hybridized carbons (Fsp3) is 0.727. The number of likely N-dealkylation sites (tertiary alicyclic amines) is 1. The zero-order chi connectivity index (χ0) is 42.4. The standard InChI is InChI=1S/C44H76N6O6/c1-15-29(8)40(49(12)44(54)37(27(4)5)46-43(53)39(28(6)7)48(10)11)34(55-13)26-35(51)50-25-21-24-33(50)41(56-14)30(9)42(52)47-38(31(16-2)17-3)36(45)32-22-19-18-20-23-32/h16-17,19,22-23,27-30,33-34,36-41H,2,15,18,20-21,24-26,45H2,1,3-14H3,(H,46,53)(H,47,52)/b31-17+/t29?,30?,33-,34+,36?,37-,38-,39-,40?,41?/m0/s1. The molecule has 1 aliphatic heterocycles. The zero-order valence-electron chi connectivity index (χ0n) is 36.8. The Morgan fingerprint density at radius 1 is 0.982 bits per heavy atom. The third-order valence-electron chi connectivity index (χ3n) is 11.9. The Morgan fingerprint density at radius 2 is 1.62 bits per heavy atom. The Labute approximate surface area is 338 Å². The van der Waals surface area contributed by atoms with Crippen LogP contribution in [0.4, 0.5) is 0 Å². The van der Waals surface area contributed by atoms with Crippen molar-refractivity contribution in [2.75, 3.05) is 41.9 Å². The molecule has 4 amide bonds. The number of ether oxygens (including phenoxy) is 2. The molecule has 0 radical (unpaired) electrons. The molecular weight excluding hydrogens is 709 g/mol. The monoisotopic (exact) mass is 785 g/mol. The van der Waals surface area contributed by atoms with Crippen LogP contribution in [0.1, 0.15) is 93.9 Å². The van der Waals surface area contributed by atoms with Gasteiger partial charge in [-0.05, 0) is 75.6 Å². The van der Waals surface area contributed by atoms with Crippen molar-refractivity contribution in [2.24, 2.45) is 29.4 Å². The van der Waals surface area contributed by atoms with E-state index in [1.807, 2.05) is 77.6 Å². The van der Waals surface area contributed by atoms with E-state index >= 15 is 0 Å². The lowest BCUT2D eigenvalue weighted by Crippen LogP contribution is -2.59. The number of carbonyl (C=O) groups is 4. The molecule has 0 spiro atoms. The highest BCUT2D eigenvalue weighted by molar-refractivity contribution is 5.90. The Hall–Kier alpha value is -3.32. The average molecular weight is 785 g/mol. The first-order valence-corrected chi connectivity index (χ1v) is 20.7. The summed E-state index contributed by atoms with van der Waals surface area (Å²) in [6.45, 7) is 20.2. The van der Waals surface area contributed by atoms with E-state index < -0.39 is 48.3 Å². The molecule has 56 heavy (non-hydrogen) atoms. The summed E-state index contributed by atoms with van der Waals surface area (Å²) in [6.07, 6.45) is 12.8. The van der Waals surface area contributed by atoms with E-state index in [1.165, 1.54) is 0 Å². The molecule has 12 nitrogen and oxygen atoms in total. The molecule has 1 aliphatic carbocycles. The first kappa shape index (κ1) is 48.8. The Balaban J connectivity index is 2.33. The van der Waals surface area contributed by atoms with Gasteiger partial charge in [0.25, 0.3) is 0 Å². The second-order valence-electron chi connectivity index (χ2n) is 16.7. The van der Waals surface area contributed by atoms with E-state index in [2.05, 4.69) is 43.2 Å². The quantitative estimate of drug-likeness (QED) is 0.132. The van der Waals surface area contributed by atoms with Gasteiger partial charge in [-0.2, -0.15) is 0 Å². The highest BCUT2D eigenvalue weighted by Gasteiger charge is 2.43. The molecule has 0 saturated carbocycles. The second kappa shape index (κ2) is 23.2. The predicted octanol–water partition coefficient (Wildman–Crippen LogP) is 4.85.